The van der Waals surface area contributed by atoms with Crippen molar-refractivity contribution < 1.29 is 31.9 Å². The highest BCUT2D eigenvalue weighted by Crippen LogP contribution is 2.41. The number of carbonyl (C=O) groups excluding carboxylic acids is 1. The van der Waals surface area contributed by atoms with Crippen molar-refractivity contribution in [3.8, 4) is 11.5 Å². The third-order valence-electron chi connectivity index (χ3n) is 5.05. The average molecular weight is 487 g/mol. The second-order valence-electron chi connectivity index (χ2n) is 7.50. The van der Waals surface area contributed by atoms with Gasteiger partial charge in [-0.25, -0.2) is 4.79 Å². The molecule has 0 atom stereocenters. The zero-order valence-electron chi connectivity index (χ0n) is 18.7. The Bertz CT molecular complexity index is 984. The van der Waals surface area contributed by atoms with E-state index < -0.39 is 17.4 Å². The summed E-state index contributed by atoms with van der Waals surface area (Å²) in [5.41, 5.74) is -2.02. The van der Waals surface area contributed by atoms with Crippen LogP contribution in [-0.2, 0) is 11.0 Å². The number of unbranched alkanes of at least 4 members (excludes halogenated alkanes) is 7. The number of alkyl halides is 3. The second kappa shape index (κ2) is 13.3. The summed E-state index contributed by atoms with van der Waals surface area (Å²) in [5.74, 6) is 0.697. The largest absolute Gasteiger partial charge is 0.493 e. The van der Waals surface area contributed by atoms with Crippen LogP contribution in [0, 0.1) is 0 Å². The quantitative estimate of drug-likeness (QED) is 0.167. The van der Waals surface area contributed by atoms with E-state index in [1.165, 1.54) is 24.9 Å². The van der Waals surface area contributed by atoms with Crippen molar-refractivity contribution in [2.45, 2.75) is 57.5 Å². The van der Waals surface area contributed by atoms with E-state index in [1.54, 1.807) is 0 Å². The third-order valence-corrected chi connectivity index (χ3v) is 6.00. The number of halogens is 3. The van der Waals surface area contributed by atoms with Crippen molar-refractivity contribution in [2.75, 3.05) is 19.5 Å². The molecule has 5 nitrogen and oxygen atoms in total. The van der Waals surface area contributed by atoms with E-state index in [1.807, 2.05) is 0 Å². The van der Waals surface area contributed by atoms with Crippen LogP contribution in [0.5, 0.6) is 11.5 Å². The number of carbonyl (C=O) groups is 1. The first-order chi connectivity index (χ1) is 15.8. The van der Waals surface area contributed by atoms with Crippen LogP contribution in [0.25, 0.3) is 11.0 Å². The van der Waals surface area contributed by atoms with Crippen molar-refractivity contribution >= 4 is 27.8 Å². The molecule has 0 aliphatic carbocycles. The van der Waals surface area contributed by atoms with E-state index in [-0.39, 0.29) is 34.2 Å². The van der Waals surface area contributed by atoms with Gasteiger partial charge in [0, 0.05) is 5.75 Å². The van der Waals surface area contributed by atoms with Crippen LogP contribution in [0.4, 0.5) is 13.2 Å². The molecule has 9 heteroatoms. The number of hydrogen-bond donors (Lipinski definition) is 0. The third kappa shape index (κ3) is 8.46. The molecule has 0 fully saturated rings. The normalized spacial score (nSPS) is 11.5. The summed E-state index contributed by atoms with van der Waals surface area (Å²) in [5, 5.41) is -0.301. The van der Waals surface area contributed by atoms with Crippen molar-refractivity contribution in [1.82, 2.24) is 0 Å². The lowest BCUT2D eigenvalue weighted by Gasteiger charge is -2.15. The number of hydrogen-bond acceptors (Lipinski definition) is 6. The molecule has 0 unspecified atom stereocenters. The molecular formula is C24H29F3O5S. The first-order valence-electron chi connectivity index (χ1n) is 10.9. The first kappa shape index (κ1) is 26.8. The van der Waals surface area contributed by atoms with E-state index >= 15 is 0 Å². The van der Waals surface area contributed by atoms with Crippen LogP contribution in [0.2, 0.25) is 0 Å². The molecule has 0 spiro atoms. The molecule has 1 heterocycles. The molecule has 2 rings (SSSR count). The minimum Gasteiger partial charge on any atom is -0.493 e. The number of thioether (sulfide) groups is 1. The molecule has 0 aliphatic heterocycles. The molecule has 0 N–H and O–H groups in total. The van der Waals surface area contributed by atoms with Gasteiger partial charge in [-0.05, 0) is 31.1 Å². The summed E-state index contributed by atoms with van der Waals surface area (Å²) in [6, 6.07) is 2.96. The smallest absolute Gasteiger partial charge is 0.417 e. The number of rotatable bonds is 14. The maximum Gasteiger partial charge on any atom is 0.417 e. The molecule has 0 amide bonds. The zero-order chi connectivity index (χ0) is 24.3. The first-order valence-corrected chi connectivity index (χ1v) is 11.9. The monoisotopic (exact) mass is 486 g/mol. The summed E-state index contributed by atoms with van der Waals surface area (Å²) >= 11 is 1.29. The van der Waals surface area contributed by atoms with Gasteiger partial charge in [0.25, 0.3) is 0 Å². The summed E-state index contributed by atoms with van der Waals surface area (Å²) in [7, 11) is 1.29. The fraction of sp³-hybridized carbons (Fsp3) is 0.500. The van der Waals surface area contributed by atoms with Crippen LogP contribution < -0.4 is 15.1 Å². The Kier molecular flexibility index (Phi) is 10.8. The van der Waals surface area contributed by atoms with Crippen LogP contribution in [0.1, 0.15) is 56.9 Å². The van der Waals surface area contributed by atoms with Gasteiger partial charge in [-0.3, -0.25) is 4.79 Å². The maximum atomic E-state index is 13.5. The lowest BCUT2D eigenvalue weighted by atomic mass is 10.1. The van der Waals surface area contributed by atoms with Gasteiger partial charge in [-0.15, -0.1) is 0 Å². The number of benzene rings is 1. The van der Waals surface area contributed by atoms with Crippen molar-refractivity contribution in [1.29, 1.82) is 0 Å². The number of fused-ring (bicyclic) bond motifs is 1. The van der Waals surface area contributed by atoms with E-state index in [2.05, 4.69) is 6.58 Å². The summed E-state index contributed by atoms with van der Waals surface area (Å²) < 4.78 is 56.2. The van der Waals surface area contributed by atoms with Gasteiger partial charge in [0.2, 0.25) is 5.12 Å². The topological polar surface area (TPSA) is 65.7 Å². The second-order valence-corrected chi connectivity index (χ2v) is 8.59. The highest BCUT2D eigenvalue weighted by molar-refractivity contribution is 8.14. The number of methoxy groups -OCH3 is 1. The molecular weight excluding hydrogens is 457 g/mol. The van der Waals surface area contributed by atoms with Gasteiger partial charge in [-0.2, -0.15) is 13.2 Å². The minimum absolute atomic E-state index is 0.00959. The molecule has 2 aromatic rings. The predicted octanol–water partition coefficient (Wildman–Crippen LogP) is 6.77. The van der Waals surface area contributed by atoms with Gasteiger partial charge in [0.1, 0.15) is 5.75 Å². The molecule has 1 aromatic heterocycles. The Morgan fingerprint density at radius 3 is 2.30 bits per heavy atom. The fourth-order valence-corrected chi connectivity index (χ4v) is 4.08. The molecule has 0 saturated carbocycles. The molecule has 1 aromatic carbocycles. The molecule has 0 aliphatic rings. The van der Waals surface area contributed by atoms with Gasteiger partial charge in [0.15, 0.2) is 11.3 Å². The predicted molar refractivity (Wildman–Crippen MR) is 124 cm³/mol. The van der Waals surface area contributed by atoms with Gasteiger partial charge in [0.05, 0.1) is 30.7 Å². The Labute approximate surface area is 195 Å². The fourth-order valence-electron chi connectivity index (χ4n) is 3.41. The standard InChI is InChI=1S/C24H29F3O5S/c1-3-21(29)33-15-11-9-7-5-4-6-8-10-14-31-19-16-20(28)32-23-18(30-2)13-12-17(22(19)23)24(25,26)27/h3,12-13,16H,1,4-11,14-15H2,2H3. The van der Waals surface area contributed by atoms with Gasteiger partial charge in [-0.1, -0.05) is 56.9 Å². The SMILES string of the molecule is C=CC(=O)SCCCCCCCCCCOc1cc(=O)oc2c(OC)ccc(C(F)(F)F)c12. The molecule has 0 bridgehead atoms. The average Bonchev–Trinajstić information content (AvgIpc) is 2.77. The summed E-state index contributed by atoms with van der Waals surface area (Å²) in [6.45, 7) is 3.63. The van der Waals surface area contributed by atoms with E-state index in [0.717, 1.165) is 68.9 Å². The highest BCUT2D eigenvalue weighted by Gasteiger charge is 2.35. The number of ether oxygens (including phenoxy) is 2. The van der Waals surface area contributed by atoms with E-state index in [4.69, 9.17) is 13.9 Å². The minimum atomic E-state index is -4.64. The lowest BCUT2D eigenvalue weighted by molar-refractivity contribution is -0.136. The van der Waals surface area contributed by atoms with E-state index in [9.17, 15) is 22.8 Å². The molecule has 182 valence electrons. The summed E-state index contributed by atoms with van der Waals surface area (Å²) in [6.07, 6.45) is 4.56. The Morgan fingerprint density at radius 1 is 1.06 bits per heavy atom. The molecule has 0 saturated heterocycles. The van der Waals surface area contributed by atoms with Crippen LogP contribution >= 0.6 is 11.8 Å². The van der Waals surface area contributed by atoms with Crippen LogP contribution in [0.3, 0.4) is 0 Å². The maximum absolute atomic E-state index is 13.5. The van der Waals surface area contributed by atoms with Crippen molar-refractivity contribution in [2.24, 2.45) is 0 Å². The lowest BCUT2D eigenvalue weighted by Crippen LogP contribution is -2.10. The molecule has 0 radical (unpaired) electrons. The summed E-state index contributed by atoms with van der Waals surface area (Å²) in [4.78, 5) is 23.0. The van der Waals surface area contributed by atoms with Gasteiger partial charge >= 0.3 is 11.8 Å². The van der Waals surface area contributed by atoms with E-state index in [0.29, 0.717) is 6.42 Å². The highest BCUT2D eigenvalue weighted by atomic mass is 32.2. The Morgan fingerprint density at radius 2 is 1.70 bits per heavy atom. The Balaban J connectivity index is 1.81. The van der Waals surface area contributed by atoms with Crippen molar-refractivity contribution in [3.63, 3.8) is 0 Å². The van der Waals surface area contributed by atoms with Crippen molar-refractivity contribution in [3.05, 3.63) is 46.8 Å². The van der Waals surface area contributed by atoms with Gasteiger partial charge < -0.3 is 13.9 Å². The molecule has 33 heavy (non-hydrogen) atoms. The van der Waals surface area contributed by atoms with Crippen LogP contribution in [-0.4, -0.2) is 24.6 Å². The Hall–Kier alpha value is -2.42. The van der Waals surface area contributed by atoms with Crippen LogP contribution in [0.15, 0.2) is 40.1 Å². The zero-order valence-corrected chi connectivity index (χ0v) is 19.5.